The van der Waals surface area contributed by atoms with Crippen LogP contribution in [0.15, 0.2) is 23.1 Å². The number of nitrogens with zero attached hydrogens (tertiary/aromatic N) is 1. The second-order valence-electron chi connectivity index (χ2n) is 4.95. The lowest BCUT2D eigenvalue weighted by Crippen LogP contribution is -2.35. The Bertz CT molecular complexity index is 611. The van der Waals surface area contributed by atoms with Gasteiger partial charge in [-0.05, 0) is 43.1 Å². The minimum atomic E-state index is -3.43. The smallest absolute Gasteiger partial charge is 0.240 e. The minimum Gasteiger partial charge on any atom is -0.338 e. The number of fused-ring (bicyclic) bond motifs is 1. The monoisotopic (exact) mass is 296 g/mol. The quantitative estimate of drug-likeness (QED) is 0.910. The molecule has 6 heteroatoms. The number of sulfonamides is 1. The molecule has 0 bridgehead atoms. The molecule has 1 heterocycles. The highest BCUT2D eigenvalue weighted by molar-refractivity contribution is 7.89. The van der Waals surface area contributed by atoms with Crippen LogP contribution in [0.25, 0.3) is 0 Å². The fourth-order valence-corrected chi connectivity index (χ4v) is 3.18. The molecule has 1 N–H and O–H groups in total. The molecule has 0 spiro atoms. The van der Waals surface area contributed by atoms with Crippen molar-refractivity contribution in [2.75, 3.05) is 13.6 Å². The summed E-state index contributed by atoms with van der Waals surface area (Å²) in [5.74, 6) is 0.139. The first-order valence-electron chi connectivity index (χ1n) is 6.81. The van der Waals surface area contributed by atoms with Gasteiger partial charge in [-0.25, -0.2) is 13.1 Å². The van der Waals surface area contributed by atoms with Gasteiger partial charge in [0.15, 0.2) is 0 Å². The van der Waals surface area contributed by atoms with Gasteiger partial charge >= 0.3 is 0 Å². The van der Waals surface area contributed by atoms with Crippen molar-refractivity contribution in [1.82, 2.24) is 9.62 Å². The van der Waals surface area contributed by atoms with E-state index in [1.807, 2.05) is 17.9 Å². The average Bonchev–Trinajstić information content (AvgIpc) is 2.46. The van der Waals surface area contributed by atoms with Crippen molar-refractivity contribution < 1.29 is 13.2 Å². The molecule has 0 radical (unpaired) electrons. The second-order valence-corrected chi connectivity index (χ2v) is 6.84. The van der Waals surface area contributed by atoms with E-state index < -0.39 is 10.0 Å². The number of benzene rings is 1. The van der Waals surface area contributed by atoms with Crippen LogP contribution in [0.5, 0.6) is 0 Å². The van der Waals surface area contributed by atoms with Crippen molar-refractivity contribution in [3.63, 3.8) is 0 Å². The van der Waals surface area contributed by atoms with Crippen LogP contribution < -0.4 is 4.72 Å². The van der Waals surface area contributed by atoms with Gasteiger partial charge in [-0.2, -0.15) is 0 Å². The van der Waals surface area contributed by atoms with Crippen molar-refractivity contribution in [3.8, 4) is 0 Å². The lowest BCUT2D eigenvalue weighted by Gasteiger charge is -2.29. The van der Waals surface area contributed by atoms with E-state index in [-0.39, 0.29) is 10.8 Å². The van der Waals surface area contributed by atoms with E-state index in [1.54, 1.807) is 12.1 Å². The summed E-state index contributed by atoms with van der Waals surface area (Å²) in [5, 5.41) is 0. The number of rotatable bonds is 4. The Morgan fingerprint density at radius 2 is 2.10 bits per heavy atom. The van der Waals surface area contributed by atoms with Gasteiger partial charge in [0.1, 0.15) is 0 Å². The van der Waals surface area contributed by atoms with E-state index in [9.17, 15) is 13.2 Å². The highest BCUT2D eigenvalue weighted by atomic mass is 32.2. The van der Waals surface area contributed by atoms with Crippen molar-refractivity contribution in [1.29, 1.82) is 0 Å². The predicted molar refractivity (Wildman–Crippen MR) is 76.7 cm³/mol. The first-order valence-corrected chi connectivity index (χ1v) is 8.29. The molecular formula is C14H20N2O3S. The molecule has 1 aromatic rings. The van der Waals surface area contributed by atoms with Crippen LogP contribution in [0.2, 0.25) is 0 Å². The Balaban J connectivity index is 2.26. The third kappa shape index (κ3) is 3.02. The lowest BCUT2D eigenvalue weighted by molar-refractivity contribution is -0.132. The van der Waals surface area contributed by atoms with Gasteiger partial charge in [0.25, 0.3) is 0 Å². The molecule has 20 heavy (non-hydrogen) atoms. The predicted octanol–water partition coefficient (Wildman–Crippen LogP) is 1.28. The van der Waals surface area contributed by atoms with Crippen LogP contribution in [0.3, 0.4) is 0 Å². The van der Waals surface area contributed by atoms with Gasteiger partial charge in [0.2, 0.25) is 15.9 Å². The van der Waals surface area contributed by atoms with Crippen LogP contribution in [-0.2, 0) is 27.8 Å². The molecule has 0 fully saturated rings. The first-order chi connectivity index (χ1) is 9.47. The molecule has 1 aromatic carbocycles. The topological polar surface area (TPSA) is 66.5 Å². The summed E-state index contributed by atoms with van der Waals surface area (Å²) in [4.78, 5) is 14.0. The molecule has 0 aromatic heterocycles. The summed E-state index contributed by atoms with van der Waals surface area (Å²) < 4.78 is 25.9. The van der Waals surface area contributed by atoms with Gasteiger partial charge < -0.3 is 4.90 Å². The summed E-state index contributed by atoms with van der Waals surface area (Å²) in [5.41, 5.74) is 2.05. The van der Waals surface area contributed by atoms with Crippen molar-refractivity contribution in [2.45, 2.75) is 37.6 Å². The average molecular weight is 296 g/mol. The Labute approximate surface area is 120 Å². The lowest BCUT2D eigenvalue weighted by atomic mass is 9.99. The molecule has 5 nitrogen and oxygen atoms in total. The molecular weight excluding hydrogens is 276 g/mol. The van der Waals surface area contributed by atoms with Gasteiger partial charge in [0.05, 0.1) is 4.90 Å². The molecule has 0 aliphatic carbocycles. The third-order valence-corrected chi connectivity index (χ3v) is 5.00. The maximum atomic E-state index is 11.9. The maximum absolute atomic E-state index is 11.9. The van der Waals surface area contributed by atoms with Crippen molar-refractivity contribution >= 4 is 15.9 Å². The van der Waals surface area contributed by atoms with Gasteiger partial charge in [-0.15, -0.1) is 0 Å². The maximum Gasteiger partial charge on any atom is 0.240 e. The van der Waals surface area contributed by atoms with Crippen molar-refractivity contribution in [3.05, 3.63) is 29.3 Å². The summed E-state index contributed by atoms with van der Waals surface area (Å²) in [7, 11) is -2.04. The summed E-state index contributed by atoms with van der Waals surface area (Å²) in [6.07, 6.45) is 2.16. The fourth-order valence-electron chi connectivity index (χ4n) is 2.40. The zero-order valence-corrected chi connectivity index (χ0v) is 12.7. The van der Waals surface area contributed by atoms with Gasteiger partial charge in [0, 0.05) is 19.5 Å². The molecule has 0 unspecified atom stereocenters. The van der Waals surface area contributed by atoms with E-state index in [4.69, 9.17) is 0 Å². The van der Waals surface area contributed by atoms with E-state index in [0.717, 1.165) is 24.0 Å². The van der Waals surface area contributed by atoms with Crippen LogP contribution >= 0.6 is 0 Å². The van der Waals surface area contributed by atoms with Crippen LogP contribution in [0.1, 0.15) is 30.9 Å². The van der Waals surface area contributed by atoms with E-state index >= 15 is 0 Å². The molecule has 110 valence electrons. The molecule has 1 amide bonds. The summed E-state index contributed by atoms with van der Waals surface area (Å²) in [6.45, 7) is 3.19. The first kappa shape index (κ1) is 15.0. The van der Waals surface area contributed by atoms with E-state index in [2.05, 4.69) is 4.72 Å². The highest BCUT2D eigenvalue weighted by Crippen LogP contribution is 2.23. The third-order valence-electron chi connectivity index (χ3n) is 3.59. The van der Waals surface area contributed by atoms with Crippen LogP contribution in [0.4, 0.5) is 0 Å². The van der Waals surface area contributed by atoms with Crippen LogP contribution in [-0.4, -0.2) is 32.8 Å². The van der Waals surface area contributed by atoms with Crippen LogP contribution in [0, 0.1) is 0 Å². The minimum absolute atomic E-state index is 0.139. The number of hydrogen-bond donors (Lipinski definition) is 1. The zero-order chi connectivity index (χ0) is 14.8. The normalized spacial score (nSPS) is 15.0. The molecule has 1 aliphatic heterocycles. The molecule has 1 aliphatic rings. The molecule has 2 rings (SSSR count). The number of amides is 1. The fraction of sp³-hybridized carbons (Fsp3) is 0.500. The number of carbonyl (C=O) groups excluding carboxylic acids is 1. The highest BCUT2D eigenvalue weighted by Gasteiger charge is 2.22. The zero-order valence-electron chi connectivity index (χ0n) is 11.8. The van der Waals surface area contributed by atoms with Gasteiger partial charge in [-0.1, -0.05) is 13.0 Å². The number of hydrogen-bond acceptors (Lipinski definition) is 3. The summed E-state index contributed by atoms with van der Waals surface area (Å²) >= 11 is 0. The summed E-state index contributed by atoms with van der Waals surface area (Å²) in [6, 6.07) is 5.14. The van der Waals surface area contributed by atoms with E-state index in [1.165, 1.54) is 7.05 Å². The van der Waals surface area contributed by atoms with Crippen molar-refractivity contribution in [2.24, 2.45) is 0 Å². The Morgan fingerprint density at radius 1 is 1.35 bits per heavy atom. The standard InChI is InChI=1S/C14H20N2O3S/c1-3-4-14(17)16-8-7-11-5-6-13(9-12(11)10-16)20(18,19)15-2/h5-6,9,15H,3-4,7-8,10H2,1-2H3. The Hall–Kier alpha value is -1.40. The number of carbonyl (C=O) groups is 1. The Morgan fingerprint density at radius 3 is 2.75 bits per heavy atom. The second kappa shape index (κ2) is 5.93. The largest absolute Gasteiger partial charge is 0.338 e. The molecule has 0 atom stereocenters. The van der Waals surface area contributed by atoms with E-state index in [0.29, 0.717) is 19.5 Å². The SMILES string of the molecule is CCCC(=O)N1CCc2ccc(S(=O)(=O)NC)cc2C1. The Kier molecular flexibility index (Phi) is 4.45. The molecule has 0 saturated carbocycles. The number of nitrogens with one attached hydrogen (secondary N) is 1. The molecule has 0 saturated heterocycles. The van der Waals surface area contributed by atoms with Gasteiger partial charge in [-0.3, -0.25) is 4.79 Å².